The molecule has 0 heterocycles. The second-order valence-corrected chi connectivity index (χ2v) is 4.95. The van der Waals surface area contributed by atoms with Crippen molar-refractivity contribution in [1.29, 1.82) is 0 Å². The standard InChI is InChI=1S/C14H13N3S/c1-11-5-4-6-12(9-11)10-18-14-8-3-2-7-13(14)16-17-15/h2-9H,10H2,1H3. The Morgan fingerprint density at radius 3 is 2.78 bits per heavy atom. The first-order valence-electron chi connectivity index (χ1n) is 5.62. The van der Waals surface area contributed by atoms with Crippen LogP contribution in [0.5, 0.6) is 0 Å². The van der Waals surface area contributed by atoms with Crippen molar-refractivity contribution in [3.8, 4) is 0 Å². The molecule has 0 bridgehead atoms. The molecule has 0 atom stereocenters. The summed E-state index contributed by atoms with van der Waals surface area (Å²) >= 11 is 1.68. The molecule has 0 unspecified atom stereocenters. The average Bonchev–Trinajstić information content (AvgIpc) is 2.38. The molecule has 2 rings (SSSR count). The van der Waals surface area contributed by atoms with Crippen LogP contribution in [-0.2, 0) is 5.75 Å². The molecular weight excluding hydrogens is 242 g/mol. The van der Waals surface area contributed by atoms with Gasteiger partial charge in [0.15, 0.2) is 0 Å². The van der Waals surface area contributed by atoms with E-state index >= 15 is 0 Å². The van der Waals surface area contributed by atoms with Crippen molar-refractivity contribution < 1.29 is 0 Å². The van der Waals surface area contributed by atoms with Crippen LogP contribution in [0.3, 0.4) is 0 Å². The Bertz CT molecular complexity index is 589. The van der Waals surface area contributed by atoms with Crippen molar-refractivity contribution in [1.82, 2.24) is 0 Å². The lowest BCUT2D eigenvalue weighted by Gasteiger charge is -2.05. The van der Waals surface area contributed by atoms with E-state index < -0.39 is 0 Å². The zero-order valence-electron chi connectivity index (χ0n) is 10.1. The number of hydrogen-bond acceptors (Lipinski definition) is 2. The smallest absolute Gasteiger partial charge is 0.0511 e. The van der Waals surface area contributed by atoms with Gasteiger partial charge in [-0.3, -0.25) is 0 Å². The summed E-state index contributed by atoms with van der Waals surface area (Å²) in [5, 5.41) is 3.70. The Hall–Kier alpha value is -1.90. The molecule has 0 N–H and O–H groups in total. The van der Waals surface area contributed by atoms with Crippen molar-refractivity contribution in [3.05, 3.63) is 70.1 Å². The number of nitrogens with zero attached hydrogens (tertiary/aromatic N) is 3. The topological polar surface area (TPSA) is 48.8 Å². The normalized spacial score (nSPS) is 9.83. The lowest BCUT2D eigenvalue weighted by atomic mass is 10.2. The van der Waals surface area contributed by atoms with Gasteiger partial charge in [-0.15, -0.1) is 11.8 Å². The molecule has 0 aliphatic heterocycles. The fourth-order valence-corrected chi connectivity index (χ4v) is 2.61. The lowest BCUT2D eigenvalue weighted by Crippen LogP contribution is -1.82. The van der Waals surface area contributed by atoms with E-state index in [0.717, 1.165) is 10.6 Å². The van der Waals surface area contributed by atoms with Crippen molar-refractivity contribution in [2.24, 2.45) is 5.11 Å². The second kappa shape index (κ2) is 6.15. The molecule has 2 aromatic rings. The van der Waals surface area contributed by atoms with Gasteiger partial charge in [-0.2, -0.15) is 0 Å². The highest BCUT2D eigenvalue weighted by Crippen LogP contribution is 2.31. The molecule has 0 aliphatic rings. The predicted molar refractivity (Wildman–Crippen MR) is 76.0 cm³/mol. The van der Waals surface area contributed by atoms with E-state index in [1.54, 1.807) is 11.8 Å². The van der Waals surface area contributed by atoms with Crippen LogP contribution in [0, 0.1) is 6.92 Å². The van der Waals surface area contributed by atoms with E-state index in [2.05, 4.69) is 41.2 Å². The number of thioether (sulfide) groups is 1. The Kier molecular flexibility index (Phi) is 4.29. The molecule has 0 aromatic heterocycles. The van der Waals surface area contributed by atoms with Crippen LogP contribution in [-0.4, -0.2) is 0 Å². The highest BCUT2D eigenvalue weighted by molar-refractivity contribution is 7.98. The van der Waals surface area contributed by atoms with E-state index in [1.165, 1.54) is 11.1 Å². The minimum atomic E-state index is 0.692. The van der Waals surface area contributed by atoms with E-state index in [0.29, 0.717) is 5.69 Å². The van der Waals surface area contributed by atoms with E-state index in [-0.39, 0.29) is 0 Å². The molecule has 0 saturated heterocycles. The largest absolute Gasteiger partial charge is 0.121 e. The van der Waals surface area contributed by atoms with Crippen molar-refractivity contribution in [2.45, 2.75) is 17.6 Å². The zero-order chi connectivity index (χ0) is 12.8. The Balaban J connectivity index is 2.13. The van der Waals surface area contributed by atoms with Gasteiger partial charge in [0.25, 0.3) is 0 Å². The zero-order valence-corrected chi connectivity index (χ0v) is 10.9. The summed E-state index contributed by atoms with van der Waals surface area (Å²) < 4.78 is 0. The summed E-state index contributed by atoms with van der Waals surface area (Å²) in [6, 6.07) is 16.1. The third kappa shape index (κ3) is 3.29. The summed E-state index contributed by atoms with van der Waals surface area (Å²) in [4.78, 5) is 3.86. The van der Waals surface area contributed by atoms with Gasteiger partial charge in [-0.25, -0.2) is 0 Å². The van der Waals surface area contributed by atoms with Crippen LogP contribution in [0.1, 0.15) is 11.1 Å². The first-order chi connectivity index (χ1) is 8.79. The molecule has 2 aromatic carbocycles. The molecule has 90 valence electrons. The average molecular weight is 255 g/mol. The van der Waals surface area contributed by atoms with Crippen molar-refractivity contribution in [2.75, 3.05) is 0 Å². The van der Waals surface area contributed by atoms with Crippen molar-refractivity contribution in [3.63, 3.8) is 0 Å². The number of azide groups is 1. The minimum Gasteiger partial charge on any atom is -0.121 e. The van der Waals surface area contributed by atoms with E-state index in [4.69, 9.17) is 5.53 Å². The molecule has 4 heteroatoms. The molecular formula is C14H13N3S. The SMILES string of the molecule is Cc1cccc(CSc2ccccc2N=[N+]=[N-])c1. The number of benzene rings is 2. The molecule has 0 radical (unpaired) electrons. The molecule has 3 nitrogen and oxygen atoms in total. The first-order valence-corrected chi connectivity index (χ1v) is 6.60. The van der Waals surface area contributed by atoms with Gasteiger partial charge in [0.05, 0.1) is 5.69 Å². The fourth-order valence-electron chi connectivity index (χ4n) is 1.67. The summed E-state index contributed by atoms with van der Waals surface area (Å²) in [5.41, 5.74) is 11.7. The fraction of sp³-hybridized carbons (Fsp3) is 0.143. The van der Waals surface area contributed by atoms with Gasteiger partial charge in [-0.05, 0) is 24.1 Å². The Labute approximate surface area is 110 Å². The van der Waals surface area contributed by atoms with Crippen LogP contribution < -0.4 is 0 Å². The highest BCUT2D eigenvalue weighted by Gasteiger charge is 2.01. The van der Waals surface area contributed by atoms with Gasteiger partial charge >= 0.3 is 0 Å². The quantitative estimate of drug-likeness (QED) is 0.319. The lowest BCUT2D eigenvalue weighted by molar-refractivity contribution is 1.32. The monoisotopic (exact) mass is 255 g/mol. The van der Waals surface area contributed by atoms with E-state index in [1.807, 2.05) is 24.3 Å². The minimum absolute atomic E-state index is 0.692. The van der Waals surface area contributed by atoms with Gasteiger partial charge < -0.3 is 0 Å². The summed E-state index contributed by atoms with van der Waals surface area (Å²) in [6.45, 7) is 2.09. The molecule has 0 aliphatic carbocycles. The third-order valence-electron chi connectivity index (χ3n) is 2.49. The summed E-state index contributed by atoms with van der Waals surface area (Å²) in [5.74, 6) is 0.875. The van der Waals surface area contributed by atoms with Crippen LogP contribution in [0.15, 0.2) is 58.5 Å². The Morgan fingerprint density at radius 1 is 1.17 bits per heavy atom. The van der Waals surface area contributed by atoms with Crippen LogP contribution in [0.4, 0.5) is 5.69 Å². The van der Waals surface area contributed by atoms with Gasteiger partial charge in [0.2, 0.25) is 0 Å². The summed E-state index contributed by atoms with van der Waals surface area (Å²) in [6.07, 6.45) is 0. The number of hydrogen-bond donors (Lipinski definition) is 0. The maximum absolute atomic E-state index is 8.51. The second-order valence-electron chi connectivity index (χ2n) is 3.93. The molecule has 0 fully saturated rings. The number of rotatable bonds is 4. The van der Waals surface area contributed by atoms with Crippen LogP contribution in [0.2, 0.25) is 0 Å². The molecule has 0 spiro atoms. The predicted octanol–water partition coefficient (Wildman–Crippen LogP) is 5.23. The maximum atomic E-state index is 8.51. The number of aryl methyl sites for hydroxylation is 1. The van der Waals surface area contributed by atoms with Gasteiger partial charge in [0, 0.05) is 15.6 Å². The molecule has 0 amide bonds. The molecule has 0 saturated carbocycles. The maximum Gasteiger partial charge on any atom is 0.0511 e. The van der Waals surface area contributed by atoms with Gasteiger partial charge in [0.1, 0.15) is 0 Å². The Morgan fingerprint density at radius 2 is 2.00 bits per heavy atom. The molecule has 18 heavy (non-hydrogen) atoms. The van der Waals surface area contributed by atoms with Gasteiger partial charge in [-0.1, -0.05) is 53.1 Å². The van der Waals surface area contributed by atoms with Crippen molar-refractivity contribution >= 4 is 17.4 Å². The summed E-state index contributed by atoms with van der Waals surface area (Å²) in [7, 11) is 0. The first kappa shape index (κ1) is 12.6. The van der Waals surface area contributed by atoms with E-state index in [9.17, 15) is 0 Å². The highest BCUT2D eigenvalue weighted by atomic mass is 32.2. The third-order valence-corrected chi connectivity index (χ3v) is 3.63. The van der Waals surface area contributed by atoms with Crippen LogP contribution in [0.25, 0.3) is 10.4 Å². The van der Waals surface area contributed by atoms with Crippen LogP contribution >= 0.6 is 11.8 Å².